The van der Waals surface area contributed by atoms with Crippen molar-refractivity contribution >= 4 is 10.4 Å². The second-order valence-corrected chi connectivity index (χ2v) is 4.71. The predicted molar refractivity (Wildman–Crippen MR) is 50.8 cm³/mol. The second-order valence-electron chi connectivity index (χ2n) is 3.37. The quantitative estimate of drug-likeness (QED) is 0.414. The van der Waals surface area contributed by atoms with E-state index in [2.05, 4.69) is 8.37 Å². The van der Waals surface area contributed by atoms with Gasteiger partial charge in [-0.2, -0.15) is 8.42 Å². The molecule has 10 heteroatoms. The molecule has 17 heavy (non-hydrogen) atoms. The molecular formula is C7H14O9S. The summed E-state index contributed by atoms with van der Waals surface area (Å²) in [6.07, 6.45) is -8.10. The van der Waals surface area contributed by atoms with Crippen molar-refractivity contribution in [1.29, 1.82) is 0 Å². The summed E-state index contributed by atoms with van der Waals surface area (Å²) in [6, 6.07) is 0. The zero-order chi connectivity index (χ0) is 13.2. The summed E-state index contributed by atoms with van der Waals surface area (Å²) in [5.74, 6) is 0. The van der Waals surface area contributed by atoms with E-state index in [1.807, 2.05) is 0 Å². The maximum Gasteiger partial charge on any atom is 0.402 e. The van der Waals surface area contributed by atoms with E-state index in [0.717, 1.165) is 7.11 Å². The summed E-state index contributed by atoms with van der Waals surface area (Å²) in [4.78, 5) is 0. The average Bonchev–Trinajstić information content (AvgIpc) is 2.30. The van der Waals surface area contributed by atoms with Crippen LogP contribution in [0.15, 0.2) is 0 Å². The van der Waals surface area contributed by atoms with E-state index in [1.54, 1.807) is 0 Å². The van der Waals surface area contributed by atoms with Crippen LogP contribution in [0.5, 0.6) is 0 Å². The van der Waals surface area contributed by atoms with E-state index < -0.39 is 47.7 Å². The molecule has 0 spiro atoms. The second kappa shape index (κ2) is 5.54. The number of rotatable bonds is 4. The lowest BCUT2D eigenvalue weighted by Gasteiger charge is -2.38. The van der Waals surface area contributed by atoms with E-state index in [4.69, 9.17) is 9.84 Å². The molecule has 0 amide bonds. The fourth-order valence-corrected chi connectivity index (χ4v) is 1.77. The van der Waals surface area contributed by atoms with Crippen molar-refractivity contribution in [3.63, 3.8) is 0 Å². The van der Waals surface area contributed by atoms with Crippen molar-refractivity contribution in [2.75, 3.05) is 13.7 Å². The van der Waals surface area contributed by atoms with Crippen LogP contribution in [0.3, 0.4) is 0 Å². The predicted octanol–water partition coefficient (Wildman–Crippen LogP) is -3.31. The smallest absolute Gasteiger partial charge is 0.394 e. The van der Waals surface area contributed by atoms with Crippen LogP contribution < -0.4 is 0 Å². The van der Waals surface area contributed by atoms with Gasteiger partial charge in [-0.25, -0.2) is 4.18 Å². The Morgan fingerprint density at radius 3 is 2.24 bits per heavy atom. The van der Waals surface area contributed by atoms with Crippen LogP contribution in [0.25, 0.3) is 0 Å². The van der Waals surface area contributed by atoms with Crippen molar-refractivity contribution in [2.24, 2.45) is 0 Å². The van der Waals surface area contributed by atoms with Crippen LogP contribution in [0.1, 0.15) is 0 Å². The van der Waals surface area contributed by atoms with E-state index >= 15 is 0 Å². The van der Waals surface area contributed by atoms with Crippen molar-refractivity contribution in [3.05, 3.63) is 0 Å². The normalized spacial score (nSPS) is 39.2. The van der Waals surface area contributed by atoms with Crippen LogP contribution in [0.2, 0.25) is 0 Å². The topological polar surface area (TPSA) is 143 Å². The fraction of sp³-hybridized carbons (Fsp3) is 1.00. The lowest BCUT2D eigenvalue weighted by molar-refractivity contribution is -0.277. The average molecular weight is 274 g/mol. The number of aliphatic hydroxyl groups is 4. The molecule has 4 N–H and O–H groups in total. The third-order valence-corrected chi connectivity index (χ3v) is 3.10. The molecular weight excluding hydrogens is 260 g/mol. The standard InChI is InChI=1S/C7H14O9S/c1-14-17(12,13)16-7-6(11)5(10)4(9)3(2-8)15-7/h3-11H,2H2,1H3/t3-,4+,5+,6-,7?/m1/s1. The fourth-order valence-electron chi connectivity index (χ4n) is 1.30. The van der Waals surface area contributed by atoms with E-state index in [-0.39, 0.29) is 0 Å². The van der Waals surface area contributed by atoms with Gasteiger partial charge in [0.25, 0.3) is 0 Å². The molecule has 0 radical (unpaired) electrons. The van der Waals surface area contributed by atoms with Crippen molar-refractivity contribution in [3.8, 4) is 0 Å². The first-order chi connectivity index (χ1) is 7.82. The summed E-state index contributed by atoms with van der Waals surface area (Å²) in [5, 5.41) is 37.0. The number of ether oxygens (including phenoxy) is 1. The minimum absolute atomic E-state index is 0.683. The number of aliphatic hydroxyl groups excluding tert-OH is 4. The first-order valence-corrected chi connectivity index (χ1v) is 5.95. The van der Waals surface area contributed by atoms with Crippen LogP contribution in [0.4, 0.5) is 0 Å². The highest BCUT2D eigenvalue weighted by molar-refractivity contribution is 7.81. The van der Waals surface area contributed by atoms with Gasteiger partial charge in [0.2, 0.25) is 6.29 Å². The van der Waals surface area contributed by atoms with Gasteiger partial charge in [-0.3, -0.25) is 4.18 Å². The van der Waals surface area contributed by atoms with Gasteiger partial charge in [-0.05, 0) is 0 Å². The highest BCUT2D eigenvalue weighted by Gasteiger charge is 2.45. The SMILES string of the molecule is COS(=O)(=O)OC1O[C@H](CO)[C@H](O)[C@H](O)[C@H]1O. The minimum atomic E-state index is -4.38. The monoisotopic (exact) mass is 274 g/mol. The third kappa shape index (κ3) is 3.33. The molecule has 1 fully saturated rings. The lowest BCUT2D eigenvalue weighted by atomic mass is 10.00. The Kier molecular flexibility index (Phi) is 4.80. The van der Waals surface area contributed by atoms with Gasteiger partial charge in [-0.15, -0.1) is 0 Å². The Bertz CT molecular complexity index is 339. The molecule has 9 nitrogen and oxygen atoms in total. The van der Waals surface area contributed by atoms with Gasteiger partial charge in [0, 0.05) is 0 Å². The molecule has 1 saturated heterocycles. The molecule has 1 aliphatic heterocycles. The van der Waals surface area contributed by atoms with E-state index in [0.29, 0.717) is 0 Å². The van der Waals surface area contributed by atoms with Gasteiger partial charge < -0.3 is 25.2 Å². The lowest BCUT2D eigenvalue weighted by Crippen LogP contribution is -2.59. The first-order valence-electron chi connectivity index (χ1n) is 4.61. The number of hydrogen-bond acceptors (Lipinski definition) is 9. The Balaban J connectivity index is 2.79. The van der Waals surface area contributed by atoms with Crippen molar-refractivity contribution in [2.45, 2.75) is 30.7 Å². The third-order valence-electron chi connectivity index (χ3n) is 2.27. The van der Waals surface area contributed by atoms with Gasteiger partial charge >= 0.3 is 10.4 Å². The van der Waals surface area contributed by atoms with Gasteiger partial charge in [-0.1, -0.05) is 0 Å². The summed E-state index contributed by atoms with van der Waals surface area (Å²) < 4.78 is 34.9. The Hall–Kier alpha value is -0.330. The first kappa shape index (κ1) is 14.7. The molecule has 1 unspecified atom stereocenters. The van der Waals surface area contributed by atoms with Crippen LogP contribution in [-0.4, -0.2) is 73.3 Å². The van der Waals surface area contributed by atoms with Crippen molar-refractivity contribution in [1.82, 2.24) is 0 Å². The summed E-state index contributed by atoms with van der Waals surface area (Å²) in [7, 11) is -3.55. The molecule has 1 heterocycles. The molecule has 102 valence electrons. The van der Waals surface area contributed by atoms with Gasteiger partial charge in [0.1, 0.15) is 24.4 Å². The van der Waals surface area contributed by atoms with Crippen LogP contribution in [-0.2, 0) is 23.5 Å². The molecule has 1 rings (SSSR count). The maximum atomic E-state index is 11.0. The highest BCUT2D eigenvalue weighted by Crippen LogP contribution is 2.23. The summed E-state index contributed by atoms with van der Waals surface area (Å²) in [6.45, 7) is -0.683. The maximum absolute atomic E-state index is 11.0. The van der Waals surface area contributed by atoms with E-state index in [9.17, 15) is 23.7 Å². The Morgan fingerprint density at radius 1 is 1.18 bits per heavy atom. The largest absolute Gasteiger partial charge is 0.402 e. The summed E-state index contributed by atoms with van der Waals surface area (Å²) >= 11 is 0. The molecule has 0 bridgehead atoms. The summed E-state index contributed by atoms with van der Waals surface area (Å²) in [5.41, 5.74) is 0. The highest BCUT2D eigenvalue weighted by atomic mass is 32.3. The zero-order valence-electron chi connectivity index (χ0n) is 8.83. The zero-order valence-corrected chi connectivity index (χ0v) is 9.65. The van der Waals surface area contributed by atoms with Crippen molar-refractivity contribution < 1.29 is 41.9 Å². The van der Waals surface area contributed by atoms with Crippen LogP contribution in [0, 0.1) is 0 Å². The Morgan fingerprint density at radius 2 is 1.76 bits per heavy atom. The van der Waals surface area contributed by atoms with Crippen LogP contribution >= 0.6 is 0 Å². The molecule has 0 aromatic rings. The minimum Gasteiger partial charge on any atom is -0.394 e. The molecule has 5 atom stereocenters. The molecule has 1 aliphatic rings. The number of hydrogen-bond donors (Lipinski definition) is 4. The Labute approximate surface area is 97.5 Å². The molecule has 0 aromatic heterocycles. The van der Waals surface area contributed by atoms with Gasteiger partial charge in [0.15, 0.2) is 0 Å². The van der Waals surface area contributed by atoms with Gasteiger partial charge in [0.05, 0.1) is 13.7 Å². The van der Waals surface area contributed by atoms with E-state index in [1.165, 1.54) is 0 Å². The molecule has 0 aliphatic carbocycles. The molecule has 0 aromatic carbocycles. The molecule has 0 saturated carbocycles.